The number of hydrogen-bond acceptors (Lipinski definition) is 7. The average Bonchev–Trinajstić information content (AvgIpc) is 1.07. The maximum absolute atomic E-state index is 10.7. The number of hydrogen-bond donors (Lipinski definition) is 1. The van der Waals surface area contributed by atoms with Crippen LogP contribution in [0.15, 0.2) is 238 Å². The molecule has 0 aliphatic rings. The molecule has 5 N–H and O–H groups in total. The summed E-state index contributed by atoms with van der Waals surface area (Å²) in [7, 11) is 50.5. The van der Waals surface area contributed by atoms with Crippen LogP contribution in [0.3, 0.4) is 0 Å². The first-order valence-electron chi connectivity index (χ1n) is 22.8. The Hall–Kier alpha value is -1.14. The van der Waals surface area contributed by atoms with Crippen LogP contribution in [0.25, 0.3) is 73.3 Å². The molecule has 86 heavy (non-hydrogen) atoms. The van der Waals surface area contributed by atoms with E-state index in [0.29, 0.717) is 46.3 Å². The molecule has 8 aromatic carbocycles. The Bertz CT molecular complexity index is 3430. The number of rotatable bonds is 7. The fourth-order valence-corrected chi connectivity index (χ4v) is 10.4. The van der Waals surface area contributed by atoms with Gasteiger partial charge in [-0.15, -0.1) is 9.97 Å². The molecule has 0 saturated heterocycles. The van der Waals surface area contributed by atoms with E-state index in [1.165, 1.54) is 0 Å². The van der Waals surface area contributed by atoms with Crippen molar-refractivity contribution in [2.75, 3.05) is 0 Å². The monoisotopic (exact) mass is 1990 g/mol. The van der Waals surface area contributed by atoms with E-state index >= 15 is 0 Å². The SMILES string of the molecule is Brc1cc(Br)cc(-c2nc(-c3ccccc3)nc(-c3ccccc3)[o+]2)c1.Brc1cc(Br)cc(-c2nc(-c3ccccc3)nc(-c3ccccc3)n2)c1.N.O.O=C(Cl)c1cc(Br)cc(Br)c1.[C-]#[N+]c1ccccc1.[Cl-].[Cl][Sb]([Cl])([Cl])([Cl])[Cl].[Cl][Sb]([Cl])([Cl])([Cl])[Cl]. The molecule has 0 aliphatic carbocycles. The molecule has 0 saturated carbocycles. The molecule has 2 heterocycles. The van der Waals surface area contributed by atoms with Gasteiger partial charge in [-0.2, -0.15) is 4.42 Å². The normalized spacial score (nSPS) is 11.1. The van der Waals surface area contributed by atoms with Gasteiger partial charge >= 0.3 is 123 Å². The molecule has 0 bridgehead atoms. The predicted octanol–water partition coefficient (Wildman–Crippen LogP) is 21.6. The minimum atomic E-state index is -4.33. The first-order valence-corrected chi connectivity index (χ1v) is 60.3. The van der Waals surface area contributed by atoms with Crippen LogP contribution < -0.4 is 18.6 Å². The van der Waals surface area contributed by atoms with E-state index in [9.17, 15) is 4.79 Å². The van der Waals surface area contributed by atoms with Crippen molar-refractivity contribution in [1.29, 1.82) is 0 Å². The molecular formula is C56H39Br6Cl12N7O3Sb2. The van der Waals surface area contributed by atoms with Crippen LogP contribution >= 0.6 is 195 Å². The molecule has 2 aromatic heterocycles. The van der Waals surface area contributed by atoms with Crippen LogP contribution in [0.1, 0.15) is 10.4 Å². The number of para-hydroxylation sites is 1. The molecule has 0 fully saturated rings. The van der Waals surface area contributed by atoms with E-state index in [1.54, 1.807) is 24.3 Å². The van der Waals surface area contributed by atoms with Crippen LogP contribution in [0, 0.1) is 6.57 Å². The number of carbonyl (C=O) groups is 1. The summed E-state index contributed by atoms with van der Waals surface area (Å²) in [5.74, 6) is 3.63. The fourth-order valence-electron chi connectivity index (χ4n) is 6.37. The standard InChI is InChI=1S/C21H13Br2N3.C21H13Br2N2O.C7H3Br2ClO.C7H5N.11ClH.H3N.H2O.2Sb/c2*22-17-11-16(12-18(23)13-17)21-25-19(14-7-3-1-4-8-14)24-20(26-21)15-9-5-2-6-10-15;8-5-1-4(7(10)11)2-6(9)3-5;1-8-7-5-3-2-4-6-7;;;;;;;;;;;;;;;/h2*1-13H;1-3H;2-6H;11*1H;1H3;1H2;;/q;+1;;;;;;;;;;;;;;;;2*+5/p-11. The summed E-state index contributed by atoms with van der Waals surface area (Å²) in [6, 6.07) is 65.9. The molecule has 0 spiro atoms. The number of aromatic nitrogens is 5. The van der Waals surface area contributed by atoms with Crippen molar-refractivity contribution in [3.8, 4) is 68.5 Å². The predicted molar refractivity (Wildman–Crippen MR) is 385 cm³/mol. The van der Waals surface area contributed by atoms with Crippen molar-refractivity contribution in [3.63, 3.8) is 0 Å². The summed E-state index contributed by atoms with van der Waals surface area (Å²) in [5.41, 5.74) is 6.73. The summed E-state index contributed by atoms with van der Waals surface area (Å²) in [6.07, 6.45) is 0. The summed E-state index contributed by atoms with van der Waals surface area (Å²) >= 11 is 17.2. The summed E-state index contributed by atoms with van der Waals surface area (Å²) in [6.45, 7) is 6.57. The van der Waals surface area contributed by atoms with Crippen molar-refractivity contribution in [2.45, 2.75) is 0 Å². The van der Waals surface area contributed by atoms with E-state index in [2.05, 4.69) is 110 Å². The molecule has 0 unspecified atom stereocenters. The van der Waals surface area contributed by atoms with Gasteiger partial charge in [-0.3, -0.25) is 4.79 Å². The van der Waals surface area contributed by atoms with Gasteiger partial charge in [0, 0.05) is 54.7 Å². The van der Waals surface area contributed by atoms with Crippen LogP contribution in [-0.2, 0) is 0 Å². The molecule has 10 nitrogen and oxygen atoms in total. The van der Waals surface area contributed by atoms with Crippen molar-refractivity contribution >= 4 is 230 Å². The molecule has 0 aliphatic heterocycles. The van der Waals surface area contributed by atoms with Gasteiger partial charge in [0.15, 0.2) is 29.0 Å². The van der Waals surface area contributed by atoms with Gasteiger partial charge in [-0.05, 0) is 78.3 Å². The van der Waals surface area contributed by atoms with Crippen LogP contribution in [0.5, 0.6) is 0 Å². The van der Waals surface area contributed by atoms with E-state index in [1.807, 2.05) is 182 Å². The van der Waals surface area contributed by atoms with Gasteiger partial charge in [0.05, 0.1) is 6.57 Å². The van der Waals surface area contributed by atoms with Crippen LogP contribution in [-0.4, -0.2) is 59.0 Å². The van der Waals surface area contributed by atoms with Crippen molar-refractivity contribution < 1.29 is 27.1 Å². The van der Waals surface area contributed by atoms with Gasteiger partial charge < -0.3 is 24.0 Å². The molecule has 452 valence electrons. The topological polar surface area (TPSA) is 164 Å². The van der Waals surface area contributed by atoms with E-state index in [4.69, 9.17) is 126 Å². The van der Waals surface area contributed by atoms with Gasteiger partial charge in [0.2, 0.25) is 0 Å². The Balaban J connectivity index is 0.000000389. The van der Waals surface area contributed by atoms with Gasteiger partial charge in [-0.25, -0.2) is 19.8 Å². The molecule has 0 radical (unpaired) electrons. The van der Waals surface area contributed by atoms with Crippen LogP contribution in [0.4, 0.5) is 5.69 Å². The Morgan fingerprint density at radius 2 is 0.628 bits per heavy atom. The molecule has 30 heteroatoms. The molecule has 0 atom stereocenters. The van der Waals surface area contributed by atoms with Crippen molar-refractivity contribution in [2.24, 2.45) is 0 Å². The number of carbonyl (C=O) groups excluding carboxylic acids is 1. The number of halogens is 18. The van der Waals surface area contributed by atoms with Gasteiger partial charge in [-0.1, -0.05) is 235 Å². The molecule has 0 amide bonds. The third-order valence-electron chi connectivity index (χ3n) is 9.57. The zero-order valence-corrected chi connectivity index (χ0v) is 66.7. The van der Waals surface area contributed by atoms with Crippen molar-refractivity contribution in [3.05, 3.63) is 250 Å². The summed E-state index contributed by atoms with van der Waals surface area (Å²) in [5, 5.41) is -0.452. The zero-order valence-electron chi connectivity index (χ0n) is 43.0. The Morgan fingerprint density at radius 1 is 0.384 bits per heavy atom. The first-order chi connectivity index (χ1) is 38.9. The Kier molecular flexibility index (Phi) is 35.9. The maximum atomic E-state index is 10.7. The molecular weight excluding hydrogens is 1970 g/mol. The van der Waals surface area contributed by atoms with Gasteiger partial charge in [0.1, 0.15) is 11.1 Å². The second-order valence-corrected chi connectivity index (χ2v) is 97.7. The minimum absolute atomic E-state index is 0. The summed E-state index contributed by atoms with van der Waals surface area (Å²) in [4.78, 5) is 37.3. The average molecular weight is 2010 g/mol. The quantitative estimate of drug-likeness (QED) is 0.0713. The first kappa shape index (κ1) is 80.9. The van der Waals surface area contributed by atoms with Crippen LogP contribution in [0.2, 0.25) is 0 Å². The van der Waals surface area contributed by atoms with E-state index in [-0.39, 0.29) is 24.0 Å². The Labute approximate surface area is 597 Å². The number of nitrogens with zero attached hydrogens (tertiary/aromatic N) is 6. The van der Waals surface area contributed by atoms with E-state index in [0.717, 1.165) is 60.2 Å². The van der Waals surface area contributed by atoms with E-state index < -0.39 is 28.6 Å². The molecule has 10 aromatic rings. The number of benzene rings is 8. The fraction of sp³-hybridized carbons (Fsp3) is 0. The Morgan fingerprint density at radius 3 is 0.919 bits per heavy atom. The van der Waals surface area contributed by atoms with Gasteiger partial charge in [0.25, 0.3) is 5.24 Å². The molecule has 10 rings (SSSR count). The zero-order chi connectivity index (χ0) is 61.0. The second kappa shape index (κ2) is 38.1. The summed E-state index contributed by atoms with van der Waals surface area (Å²) < 4.78 is 11.5. The van der Waals surface area contributed by atoms with Crippen molar-refractivity contribution in [1.82, 2.24) is 31.1 Å². The third kappa shape index (κ3) is 33.4. The third-order valence-corrected chi connectivity index (χ3v) is 12.5. The second-order valence-electron chi connectivity index (χ2n) is 16.0.